The Hall–Kier alpha value is -2.76. The van der Waals surface area contributed by atoms with E-state index in [9.17, 15) is 18.4 Å². The van der Waals surface area contributed by atoms with Gasteiger partial charge in [0, 0.05) is 11.8 Å². The number of carbonyl (C=O) groups is 2. The molecule has 1 atom stereocenters. The molecular weight excluding hydrogens is 314 g/mol. The molecule has 1 aliphatic rings. The number of benzene rings is 2. The fourth-order valence-corrected chi connectivity index (χ4v) is 2.82. The fourth-order valence-electron chi connectivity index (χ4n) is 2.82. The van der Waals surface area contributed by atoms with Crippen molar-refractivity contribution < 1.29 is 18.4 Å². The average Bonchev–Trinajstić information content (AvgIpc) is 2.77. The topological polar surface area (TPSA) is 49.4 Å². The number of hydrogen-bond donors (Lipinski definition) is 1. The number of aryl methyl sites for hydroxylation is 2. The van der Waals surface area contributed by atoms with Gasteiger partial charge in [-0.1, -0.05) is 17.7 Å². The lowest BCUT2D eigenvalue weighted by atomic mass is 10.1. The molecule has 0 aliphatic carbocycles. The van der Waals surface area contributed by atoms with Crippen molar-refractivity contribution in [3.8, 4) is 0 Å². The van der Waals surface area contributed by atoms with Gasteiger partial charge >= 0.3 is 0 Å². The SMILES string of the molecule is Cc1ccc(N[C@H]2CC(=O)N(c3ccc(F)cc3F)C2=O)c(C)c1. The zero-order chi connectivity index (χ0) is 17.4. The number of carbonyl (C=O) groups excluding carboxylic acids is 2. The molecule has 1 aliphatic heterocycles. The van der Waals surface area contributed by atoms with E-state index in [1.54, 1.807) is 0 Å². The highest BCUT2D eigenvalue weighted by Crippen LogP contribution is 2.28. The average molecular weight is 330 g/mol. The van der Waals surface area contributed by atoms with Crippen molar-refractivity contribution in [3.05, 3.63) is 59.2 Å². The maximum absolute atomic E-state index is 13.9. The molecule has 4 nitrogen and oxygen atoms in total. The van der Waals surface area contributed by atoms with E-state index >= 15 is 0 Å². The van der Waals surface area contributed by atoms with Crippen LogP contribution >= 0.6 is 0 Å². The lowest BCUT2D eigenvalue weighted by Gasteiger charge is -2.17. The predicted molar refractivity (Wildman–Crippen MR) is 86.8 cm³/mol. The molecule has 2 aromatic rings. The molecule has 2 amide bonds. The van der Waals surface area contributed by atoms with Crippen molar-refractivity contribution in [1.29, 1.82) is 0 Å². The highest BCUT2D eigenvalue weighted by molar-refractivity contribution is 6.23. The van der Waals surface area contributed by atoms with Crippen LogP contribution in [0.4, 0.5) is 20.2 Å². The first-order chi connectivity index (χ1) is 11.4. The largest absolute Gasteiger partial charge is 0.373 e. The molecule has 6 heteroatoms. The summed E-state index contributed by atoms with van der Waals surface area (Å²) in [4.78, 5) is 25.5. The van der Waals surface area contributed by atoms with Crippen LogP contribution in [-0.2, 0) is 9.59 Å². The lowest BCUT2D eigenvalue weighted by molar-refractivity contribution is -0.121. The van der Waals surface area contributed by atoms with E-state index in [4.69, 9.17) is 0 Å². The van der Waals surface area contributed by atoms with Gasteiger partial charge in [-0.05, 0) is 37.6 Å². The second kappa shape index (κ2) is 6.03. The van der Waals surface area contributed by atoms with Crippen LogP contribution < -0.4 is 10.2 Å². The molecule has 2 aromatic carbocycles. The normalized spacial score (nSPS) is 17.5. The number of halogens is 2. The number of nitrogens with one attached hydrogen (secondary N) is 1. The summed E-state index contributed by atoms with van der Waals surface area (Å²) < 4.78 is 26.9. The van der Waals surface area contributed by atoms with E-state index < -0.39 is 29.5 Å². The monoisotopic (exact) mass is 330 g/mol. The van der Waals surface area contributed by atoms with Gasteiger partial charge < -0.3 is 5.32 Å². The molecule has 124 valence electrons. The predicted octanol–water partition coefficient (Wildman–Crippen LogP) is 3.33. The Morgan fingerprint density at radius 1 is 1.08 bits per heavy atom. The van der Waals surface area contributed by atoms with Crippen molar-refractivity contribution in [2.45, 2.75) is 26.3 Å². The summed E-state index contributed by atoms with van der Waals surface area (Å²) in [5.74, 6) is -2.78. The summed E-state index contributed by atoms with van der Waals surface area (Å²) >= 11 is 0. The van der Waals surface area contributed by atoms with Gasteiger partial charge in [0.25, 0.3) is 5.91 Å². The summed E-state index contributed by atoms with van der Waals surface area (Å²) in [6.07, 6.45) is -0.0804. The van der Waals surface area contributed by atoms with Gasteiger partial charge in [0.05, 0.1) is 12.1 Å². The van der Waals surface area contributed by atoms with Crippen LogP contribution in [0, 0.1) is 25.5 Å². The van der Waals surface area contributed by atoms with Crippen molar-refractivity contribution in [2.24, 2.45) is 0 Å². The van der Waals surface area contributed by atoms with Crippen molar-refractivity contribution >= 4 is 23.2 Å². The summed E-state index contributed by atoms with van der Waals surface area (Å²) in [7, 11) is 0. The molecule has 1 N–H and O–H groups in total. The van der Waals surface area contributed by atoms with Gasteiger partial charge in [-0.3, -0.25) is 9.59 Å². The summed E-state index contributed by atoms with van der Waals surface area (Å²) in [5.41, 5.74) is 2.55. The lowest BCUT2D eigenvalue weighted by Crippen LogP contribution is -2.35. The fraction of sp³-hybridized carbons (Fsp3) is 0.222. The van der Waals surface area contributed by atoms with Gasteiger partial charge in [0.1, 0.15) is 17.7 Å². The molecule has 0 radical (unpaired) electrons. The standard InChI is InChI=1S/C18H16F2N2O2/c1-10-3-5-14(11(2)7-10)21-15-9-17(23)22(18(15)24)16-6-4-12(19)8-13(16)20/h3-8,15,21H,9H2,1-2H3/t15-/m0/s1. The van der Waals surface area contributed by atoms with Gasteiger partial charge in [0.15, 0.2) is 0 Å². The molecule has 0 aromatic heterocycles. The maximum Gasteiger partial charge on any atom is 0.256 e. The Morgan fingerprint density at radius 2 is 1.83 bits per heavy atom. The Labute approximate surface area is 138 Å². The number of amides is 2. The second-order valence-electron chi connectivity index (χ2n) is 5.88. The third-order valence-electron chi connectivity index (χ3n) is 4.01. The molecule has 0 bridgehead atoms. The van der Waals surface area contributed by atoms with E-state index in [-0.39, 0.29) is 12.1 Å². The molecule has 0 spiro atoms. The smallest absolute Gasteiger partial charge is 0.256 e. The van der Waals surface area contributed by atoms with Crippen LogP contribution in [0.2, 0.25) is 0 Å². The summed E-state index contributed by atoms with van der Waals surface area (Å²) in [6.45, 7) is 3.86. The molecule has 1 saturated heterocycles. The van der Waals surface area contributed by atoms with Gasteiger partial charge in [-0.2, -0.15) is 0 Å². The first-order valence-electron chi connectivity index (χ1n) is 7.52. The molecule has 0 unspecified atom stereocenters. The minimum Gasteiger partial charge on any atom is -0.373 e. The number of nitrogens with zero attached hydrogens (tertiary/aromatic N) is 1. The third-order valence-corrected chi connectivity index (χ3v) is 4.01. The first kappa shape index (κ1) is 16.1. The van der Waals surface area contributed by atoms with Crippen molar-refractivity contribution in [1.82, 2.24) is 0 Å². The summed E-state index contributed by atoms with van der Waals surface area (Å²) in [5, 5.41) is 3.04. The van der Waals surface area contributed by atoms with Crippen LogP contribution in [0.1, 0.15) is 17.5 Å². The van der Waals surface area contributed by atoms with Gasteiger partial charge in [-0.15, -0.1) is 0 Å². The Balaban J connectivity index is 1.86. The highest BCUT2D eigenvalue weighted by atomic mass is 19.1. The van der Waals surface area contributed by atoms with Crippen LogP contribution in [0.25, 0.3) is 0 Å². The zero-order valence-electron chi connectivity index (χ0n) is 13.3. The Kier molecular flexibility index (Phi) is 4.05. The maximum atomic E-state index is 13.9. The highest BCUT2D eigenvalue weighted by Gasteiger charge is 2.40. The number of hydrogen-bond acceptors (Lipinski definition) is 3. The number of rotatable bonds is 3. The van der Waals surface area contributed by atoms with Gasteiger partial charge in [-0.25, -0.2) is 13.7 Å². The van der Waals surface area contributed by atoms with Gasteiger partial charge in [0.2, 0.25) is 5.91 Å². The van der Waals surface area contributed by atoms with E-state index in [0.717, 1.165) is 33.8 Å². The number of anilines is 2. The Bertz CT molecular complexity index is 836. The Morgan fingerprint density at radius 3 is 2.50 bits per heavy atom. The van der Waals surface area contributed by atoms with Crippen LogP contribution in [0.3, 0.4) is 0 Å². The zero-order valence-corrected chi connectivity index (χ0v) is 13.3. The van der Waals surface area contributed by atoms with Crippen molar-refractivity contribution in [3.63, 3.8) is 0 Å². The van der Waals surface area contributed by atoms with Crippen LogP contribution in [-0.4, -0.2) is 17.9 Å². The summed E-state index contributed by atoms with van der Waals surface area (Å²) in [6, 6.07) is 7.69. The first-order valence-corrected chi connectivity index (χ1v) is 7.52. The van der Waals surface area contributed by atoms with Crippen LogP contribution in [0.15, 0.2) is 36.4 Å². The van der Waals surface area contributed by atoms with E-state index in [0.29, 0.717) is 6.07 Å². The quantitative estimate of drug-likeness (QED) is 0.878. The molecular formula is C18H16F2N2O2. The molecule has 0 saturated carbocycles. The van der Waals surface area contributed by atoms with E-state index in [1.165, 1.54) is 0 Å². The minimum absolute atomic E-state index is 0.0804. The van der Waals surface area contributed by atoms with Crippen LogP contribution in [0.5, 0.6) is 0 Å². The third kappa shape index (κ3) is 2.87. The van der Waals surface area contributed by atoms with Crippen molar-refractivity contribution in [2.75, 3.05) is 10.2 Å². The molecule has 1 heterocycles. The molecule has 1 fully saturated rings. The second-order valence-corrected chi connectivity index (χ2v) is 5.88. The minimum atomic E-state index is -0.941. The molecule has 24 heavy (non-hydrogen) atoms. The van der Waals surface area contributed by atoms with E-state index in [2.05, 4.69) is 5.32 Å². The van der Waals surface area contributed by atoms with E-state index in [1.807, 2.05) is 32.0 Å². The number of imide groups is 1. The molecule has 3 rings (SSSR count).